The van der Waals surface area contributed by atoms with Crippen LogP contribution in [0, 0.1) is 12.3 Å². The Labute approximate surface area is 152 Å². The Morgan fingerprint density at radius 2 is 2.16 bits per heavy atom. The van der Waals surface area contributed by atoms with E-state index in [9.17, 15) is 4.79 Å². The normalized spacial score (nSPS) is 24.6. The number of carbonyl (C=O) groups excluding carboxylic acids is 1. The first-order valence-electron chi connectivity index (χ1n) is 8.94. The van der Waals surface area contributed by atoms with Crippen LogP contribution in [-0.4, -0.2) is 50.1 Å². The minimum Gasteiger partial charge on any atom is -0.336 e. The third kappa shape index (κ3) is 3.35. The number of hydrogen-bond acceptors (Lipinski definition) is 5. The number of rotatable bonds is 4. The lowest BCUT2D eigenvalue weighted by molar-refractivity contribution is -0.139. The number of aryl methyl sites for hydroxylation is 2. The van der Waals surface area contributed by atoms with E-state index in [1.54, 1.807) is 11.3 Å². The molecular formula is C18H25N5OS. The maximum Gasteiger partial charge on any atom is 0.230 e. The Balaban J connectivity index is 1.43. The Morgan fingerprint density at radius 1 is 1.28 bits per heavy atom. The maximum atomic E-state index is 13.2. The predicted octanol–water partition coefficient (Wildman–Crippen LogP) is 2.20. The van der Waals surface area contributed by atoms with Gasteiger partial charge in [0.05, 0.1) is 28.9 Å². The molecule has 7 heteroatoms. The van der Waals surface area contributed by atoms with E-state index in [0.717, 1.165) is 56.1 Å². The molecule has 2 aromatic heterocycles. The van der Waals surface area contributed by atoms with E-state index in [1.807, 2.05) is 29.7 Å². The molecule has 4 rings (SSSR count). The summed E-state index contributed by atoms with van der Waals surface area (Å²) in [5, 5.41) is 7.39. The zero-order valence-electron chi connectivity index (χ0n) is 14.9. The second-order valence-electron chi connectivity index (χ2n) is 7.45. The van der Waals surface area contributed by atoms with Gasteiger partial charge >= 0.3 is 0 Å². The fourth-order valence-corrected chi connectivity index (χ4v) is 4.88. The van der Waals surface area contributed by atoms with Crippen LogP contribution in [0.25, 0.3) is 0 Å². The topological polar surface area (TPSA) is 54.3 Å². The van der Waals surface area contributed by atoms with Gasteiger partial charge in [0.1, 0.15) is 0 Å². The van der Waals surface area contributed by atoms with Crippen molar-refractivity contribution in [1.82, 2.24) is 24.6 Å². The first kappa shape index (κ1) is 16.7. The smallest absolute Gasteiger partial charge is 0.230 e. The van der Waals surface area contributed by atoms with E-state index < -0.39 is 0 Å². The van der Waals surface area contributed by atoms with Crippen molar-refractivity contribution in [2.45, 2.75) is 39.3 Å². The molecule has 2 fully saturated rings. The lowest BCUT2D eigenvalue weighted by Crippen LogP contribution is -2.47. The van der Waals surface area contributed by atoms with Gasteiger partial charge in [-0.1, -0.05) is 0 Å². The summed E-state index contributed by atoms with van der Waals surface area (Å²) in [6.07, 6.45) is 7.07. The van der Waals surface area contributed by atoms with Gasteiger partial charge in [-0.05, 0) is 32.7 Å². The minimum absolute atomic E-state index is 0.189. The average molecular weight is 359 g/mol. The highest BCUT2D eigenvalue weighted by molar-refractivity contribution is 7.09. The van der Waals surface area contributed by atoms with Gasteiger partial charge in [0, 0.05) is 43.8 Å². The number of aromatic nitrogens is 3. The van der Waals surface area contributed by atoms with E-state index in [0.29, 0.717) is 12.5 Å². The molecule has 0 aliphatic carbocycles. The monoisotopic (exact) mass is 359 g/mol. The van der Waals surface area contributed by atoms with E-state index >= 15 is 0 Å². The second kappa shape index (κ2) is 6.53. The molecule has 4 heterocycles. The molecule has 6 nitrogen and oxygen atoms in total. The van der Waals surface area contributed by atoms with Gasteiger partial charge < -0.3 is 4.90 Å². The summed E-state index contributed by atoms with van der Waals surface area (Å²) in [7, 11) is 1.94. The SMILES string of the molecule is Cc1nc(CN2CC[C@@]3(CCCN(Cc4cnn(C)c4)C3)C2=O)cs1. The highest BCUT2D eigenvalue weighted by Crippen LogP contribution is 2.41. The van der Waals surface area contributed by atoms with E-state index in [-0.39, 0.29) is 5.41 Å². The van der Waals surface area contributed by atoms with E-state index in [1.165, 1.54) is 5.56 Å². The molecule has 134 valence electrons. The molecule has 1 atom stereocenters. The number of thiazole rings is 1. The molecule has 2 aromatic rings. The van der Waals surface area contributed by atoms with Gasteiger partial charge in [0.15, 0.2) is 0 Å². The van der Waals surface area contributed by atoms with Crippen LogP contribution in [0.5, 0.6) is 0 Å². The summed E-state index contributed by atoms with van der Waals surface area (Å²) in [4.78, 5) is 22.1. The number of nitrogens with zero attached hydrogens (tertiary/aromatic N) is 5. The van der Waals surface area contributed by atoms with Gasteiger partial charge in [-0.2, -0.15) is 5.10 Å². The van der Waals surface area contributed by atoms with Crippen molar-refractivity contribution in [3.8, 4) is 0 Å². The molecule has 2 aliphatic rings. The van der Waals surface area contributed by atoms with Crippen molar-refractivity contribution in [3.05, 3.63) is 34.0 Å². The Hall–Kier alpha value is -1.73. The summed E-state index contributed by atoms with van der Waals surface area (Å²) in [6.45, 7) is 6.35. The van der Waals surface area contributed by atoms with Crippen LogP contribution in [0.2, 0.25) is 0 Å². The molecule has 0 unspecified atom stereocenters. The lowest BCUT2D eigenvalue weighted by Gasteiger charge is -2.38. The summed E-state index contributed by atoms with van der Waals surface area (Å²) in [6, 6.07) is 0. The van der Waals surface area contributed by atoms with Crippen molar-refractivity contribution in [1.29, 1.82) is 0 Å². The molecule has 0 aromatic carbocycles. The van der Waals surface area contributed by atoms with Crippen LogP contribution < -0.4 is 0 Å². The quantitative estimate of drug-likeness (QED) is 0.840. The van der Waals surface area contributed by atoms with E-state index in [4.69, 9.17) is 0 Å². The molecular weight excluding hydrogens is 334 g/mol. The number of amides is 1. The fourth-order valence-electron chi connectivity index (χ4n) is 4.27. The molecule has 0 bridgehead atoms. The third-order valence-corrected chi connectivity index (χ3v) is 6.26. The van der Waals surface area contributed by atoms with Crippen LogP contribution in [0.1, 0.15) is 35.5 Å². The predicted molar refractivity (Wildman–Crippen MR) is 97.0 cm³/mol. The molecule has 0 radical (unpaired) electrons. The summed E-state index contributed by atoms with van der Waals surface area (Å²) in [5.41, 5.74) is 2.06. The molecule has 25 heavy (non-hydrogen) atoms. The van der Waals surface area contributed by atoms with Crippen LogP contribution in [-0.2, 0) is 24.9 Å². The van der Waals surface area contributed by atoms with Gasteiger partial charge in [-0.25, -0.2) is 4.98 Å². The van der Waals surface area contributed by atoms with Gasteiger partial charge in [-0.15, -0.1) is 11.3 Å². The van der Waals surface area contributed by atoms with Crippen molar-refractivity contribution in [2.24, 2.45) is 12.5 Å². The van der Waals surface area contributed by atoms with Crippen LogP contribution in [0.4, 0.5) is 0 Å². The average Bonchev–Trinajstić information content (AvgIpc) is 3.25. The standard InChI is InChI=1S/C18H25N5OS/c1-14-20-16(12-25-14)11-23-7-5-18(17(23)24)4-3-6-22(13-18)10-15-8-19-21(2)9-15/h8-9,12H,3-7,10-11,13H2,1-2H3/t18-/m1/s1. The second-order valence-corrected chi connectivity index (χ2v) is 8.51. The van der Waals surface area contributed by atoms with Crippen LogP contribution in [0.3, 0.4) is 0 Å². The Morgan fingerprint density at radius 3 is 2.88 bits per heavy atom. The Bertz CT molecular complexity index is 769. The summed E-state index contributed by atoms with van der Waals surface area (Å²) < 4.78 is 1.84. The highest BCUT2D eigenvalue weighted by atomic mass is 32.1. The molecule has 2 aliphatic heterocycles. The van der Waals surface area contributed by atoms with Crippen LogP contribution >= 0.6 is 11.3 Å². The van der Waals surface area contributed by atoms with Gasteiger partial charge in [-0.3, -0.25) is 14.4 Å². The maximum absolute atomic E-state index is 13.2. The summed E-state index contributed by atoms with van der Waals surface area (Å²) in [5.74, 6) is 0.328. The van der Waals surface area contributed by atoms with Crippen molar-refractivity contribution >= 4 is 17.2 Å². The highest BCUT2D eigenvalue weighted by Gasteiger charge is 2.48. The van der Waals surface area contributed by atoms with Gasteiger partial charge in [0.2, 0.25) is 5.91 Å². The molecule has 2 saturated heterocycles. The van der Waals surface area contributed by atoms with E-state index in [2.05, 4.69) is 26.6 Å². The summed E-state index contributed by atoms with van der Waals surface area (Å²) >= 11 is 1.65. The molecule has 0 saturated carbocycles. The minimum atomic E-state index is -0.189. The largest absolute Gasteiger partial charge is 0.336 e. The first-order valence-corrected chi connectivity index (χ1v) is 9.82. The number of likely N-dealkylation sites (tertiary alicyclic amines) is 2. The van der Waals surface area contributed by atoms with Crippen molar-refractivity contribution < 1.29 is 4.79 Å². The molecule has 0 N–H and O–H groups in total. The molecule has 1 amide bonds. The Kier molecular flexibility index (Phi) is 4.37. The van der Waals surface area contributed by atoms with Crippen molar-refractivity contribution in [2.75, 3.05) is 19.6 Å². The van der Waals surface area contributed by atoms with Crippen LogP contribution in [0.15, 0.2) is 17.8 Å². The third-order valence-electron chi connectivity index (χ3n) is 5.44. The number of hydrogen-bond donors (Lipinski definition) is 0. The number of carbonyl (C=O) groups is 1. The number of piperidine rings is 1. The fraction of sp³-hybridized carbons (Fsp3) is 0.611. The zero-order chi connectivity index (χ0) is 17.4. The lowest BCUT2D eigenvalue weighted by atomic mass is 9.78. The van der Waals surface area contributed by atoms with Crippen molar-refractivity contribution in [3.63, 3.8) is 0 Å². The van der Waals surface area contributed by atoms with Gasteiger partial charge in [0.25, 0.3) is 0 Å². The molecule has 1 spiro atoms. The zero-order valence-corrected chi connectivity index (χ0v) is 15.8. The first-order chi connectivity index (χ1) is 12.0.